The molecule has 0 unspecified atom stereocenters. The third kappa shape index (κ3) is 7.35. The molecule has 1 aromatic heterocycles. The summed E-state index contributed by atoms with van der Waals surface area (Å²) in [5.74, 6) is 4.44. The van der Waals surface area contributed by atoms with E-state index in [1.54, 1.807) is 11.8 Å². The van der Waals surface area contributed by atoms with Crippen molar-refractivity contribution in [2.24, 2.45) is 0 Å². The van der Waals surface area contributed by atoms with Crippen LogP contribution < -0.4 is 14.2 Å². The second kappa shape index (κ2) is 12.1. The van der Waals surface area contributed by atoms with E-state index in [4.69, 9.17) is 14.2 Å². The molecule has 0 aliphatic carbocycles. The molecule has 0 fully saturated rings. The van der Waals surface area contributed by atoms with Crippen molar-refractivity contribution in [1.29, 1.82) is 0 Å². The molecule has 0 bridgehead atoms. The third-order valence-corrected chi connectivity index (χ3v) is 6.24. The number of nitrogens with zero attached hydrogens (tertiary/aromatic N) is 2. The Labute approximate surface area is 221 Å². The number of para-hydroxylation sites is 2. The number of thioether (sulfide) groups is 1. The Balaban J connectivity index is 1.19. The lowest BCUT2D eigenvalue weighted by Crippen LogP contribution is -2.00. The zero-order valence-electron chi connectivity index (χ0n) is 20.4. The van der Waals surface area contributed by atoms with Crippen LogP contribution in [0.4, 0.5) is 0 Å². The maximum Gasteiger partial charge on any atom is 0.217 e. The predicted molar refractivity (Wildman–Crippen MR) is 147 cm³/mol. The van der Waals surface area contributed by atoms with E-state index in [1.165, 1.54) is 0 Å². The van der Waals surface area contributed by atoms with E-state index in [0.717, 1.165) is 39.8 Å². The van der Waals surface area contributed by atoms with Crippen molar-refractivity contribution in [2.45, 2.75) is 24.4 Å². The molecule has 184 valence electrons. The molecule has 5 rings (SSSR count). The lowest BCUT2D eigenvalue weighted by atomic mass is 10.2. The highest BCUT2D eigenvalue weighted by atomic mass is 32.2. The number of hydrogen-bond acceptors (Lipinski definition) is 6. The van der Waals surface area contributed by atoms with Gasteiger partial charge in [0.05, 0.1) is 0 Å². The highest BCUT2D eigenvalue weighted by Crippen LogP contribution is 2.27. The second-order valence-corrected chi connectivity index (χ2v) is 9.28. The Kier molecular flexibility index (Phi) is 7.98. The Morgan fingerprint density at radius 1 is 0.595 bits per heavy atom. The standard InChI is InChI=1S/C31H26N2O3S/c1-23-18-30(34-21-24-10-8-16-28(19-24)35-26-12-4-2-5-13-26)33-31(32-23)37-22-25-11-9-17-29(20-25)36-27-14-6-3-7-15-27/h2-20H,21-22H2,1H3. The summed E-state index contributed by atoms with van der Waals surface area (Å²) in [6.07, 6.45) is 0. The van der Waals surface area contributed by atoms with Crippen molar-refractivity contribution in [1.82, 2.24) is 9.97 Å². The monoisotopic (exact) mass is 506 g/mol. The average Bonchev–Trinajstić information content (AvgIpc) is 2.92. The molecular weight excluding hydrogens is 480 g/mol. The minimum absolute atomic E-state index is 0.380. The second-order valence-electron chi connectivity index (χ2n) is 8.33. The fourth-order valence-electron chi connectivity index (χ4n) is 3.60. The maximum absolute atomic E-state index is 6.02. The van der Waals surface area contributed by atoms with Crippen LogP contribution in [-0.4, -0.2) is 9.97 Å². The van der Waals surface area contributed by atoms with E-state index < -0.39 is 0 Å². The molecule has 0 saturated heterocycles. The first kappa shape index (κ1) is 24.4. The largest absolute Gasteiger partial charge is 0.473 e. The smallest absolute Gasteiger partial charge is 0.217 e. The molecule has 0 saturated carbocycles. The van der Waals surface area contributed by atoms with Crippen molar-refractivity contribution in [2.75, 3.05) is 0 Å². The van der Waals surface area contributed by atoms with Crippen molar-refractivity contribution in [3.05, 3.63) is 132 Å². The molecule has 0 aliphatic heterocycles. The van der Waals surface area contributed by atoms with Gasteiger partial charge in [0, 0.05) is 17.5 Å². The van der Waals surface area contributed by atoms with Crippen molar-refractivity contribution >= 4 is 11.8 Å². The molecule has 1 heterocycles. The Bertz CT molecular complexity index is 1340. The summed E-state index contributed by atoms with van der Waals surface area (Å²) in [5.41, 5.74) is 2.98. The zero-order chi connectivity index (χ0) is 25.3. The molecule has 4 aromatic carbocycles. The number of rotatable bonds is 10. The Morgan fingerprint density at radius 3 is 1.81 bits per heavy atom. The molecule has 0 atom stereocenters. The van der Waals surface area contributed by atoms with Gasteiger partial charge in [-0.25, -0.2) is 4.98 Å². The minimum Gasteiger partial charge on any atom is -0.473 e. The highest BCUT2D eigenvalue weighted by Gasteiger charge is 2.07. The maximum atomic E-state index is 6.02. The topological polar surface area (TPSA) is 53.5 Å². The quantitative estimate of drug-likeness (QED) is 0.140. The van der Waals surface area contributed by atoms with Crippen LogP contribution in [0.25, 0.3) is 0 Å². The van der Waals surface area contributed by atoms with Gasteiger partial charge in [-0.15, -0.1) is 0 Å². The lowest BCUT2D eigenvalue weighted by Gasteiger charge is -2.10. The van der Waals surface area contributed by atoms with E-state index in [9.17, 15) is 0 Å². The van der Waals surface area contributed by atoms with Gasteiger partial charge in [0.2, 0.25) is 5.88 Å². The van der Waals surface area contributed by atoms with Crippen molar-refractivity contribution in [3.8, 4) is 28.9 Å². The molecule has 0 amide bonds. The van der Waals surface area contributed by atoms with E-state index in [-0.39, 0.29) is 0 Å². The van der Waals surface area contributed by atoms with Crippen LogP contribution in [-0.2, 0) is 12.4 Å². The van der Waals surface area contributed by atoms with E-state index in [1.807, 2.05) is 116 Å². The van der Waals surface area contributed by atoms with Crippen LogP contribution in [0.2, 0.25) is 0 Å². The summed E-state index contributed by atoms with van der Waals surface area (Å²) in [6.45, 7) is 2.33. The predicted octanol–water partition coefficient (Wildman–Crippen LogP) is 8.24. The summed E-state index contributed by atoms with van der Waals surface area (Å²) in [5, 5.41) is 0.672. The number of hydrogen-bond donors (Lipinski definition) is 0. The van der Waals surface area contributed by atoms with Crippen LogP contribution >= 0.6 is 11.8 Å². The highest BCUT2D eigenvalue weighted by molar-refractivity contribution is 7.98. The fourth-order valence-corrected chi connectivity index (χ4v) is 4.44. The van der Waals surface area contributed by atoms with Gasteiger partial charge in [0.15, 0.2) is 5.16 Å². The van der Waals surface area contributed by atoms with Crippen molar-refractivity contribution in [3.63, 3.8) is 0 Å². The molecule has 0 N–H and O–H groups in total. The first-order valence-corrected chi connectivity index (χ1v) is 12.9. The molecule has 0 aliphatic rings. The summed E-state index contributed by atoms with van der Waals surface area (Å²) in [6, 6.07) is 37.3. The number of ether oxygens (including phenoxy) is 3. The minimum atomic E-state index is 0.380. The molecule has 37 heavy (non-hydrogen) atoms. The molecule has 0 radical (unpaired) electrons. The first-order valence-electron chi connectivity index (χ1n) is 11.9. The van der Waals surface area contributed by atoms with Crippen LogP contribution in [0, 0.1) is 6.92 Å². The van der Waals surface area contributed by atoms with E-state index in [0.29, 0.717) is 23.4 Å². The summed E-state index contributed by atoms with van der Waals surface area (Å²) < 4.78 is 17.9. The van der Waals surface area contributed by atoms with Crippen LogP contribution in [0.15, 0.2) is 120 Å². The van der Waals surface area contributed by atoms with Gasteiger partial charge in [-0.1, -0.05) is 72.4 Å². The Morgan fingerprint density at radius 2 is 1.16 bits per heavy atom. The van der Waals surface area contributed by atoms with Crippen molar-refractivity contribution < 1.29 is 14.2 Å². The van der Waals surface area contributed by atoms with Gasteiger partial charge in [-0.05, 0) is 66.6 Å². The SMILES string of the molecule is Cc1cc(OCc2cccc(Oc3ccccc3)c2)nc(SCc2cccc(Oc3ccccc3)c2)n1. The first-order chi connectivity index (χ1) is 18.2. The number of aromatic nitrogens is 2. The molecule has 0 spiro atoms. The number of benzene rings is 4. The molecule has 6 heteroatoms. The molecule has 5 nitrogen and oxygen atoms in total. The third-order valence-electron chi connectivity index (χ3n) is 5.32. The van der Waals surface area contributed by atoms with Gasteiger partial charge in [-0.3, -0.25) is 0 Å². The number of aryl methyl sites for hydroxylation is 1. The normalized spacial score (nSPS) is 10.6. The summed E-state index contributed by atoms with van der Waals surface area (Å²) in [7, 11) is 0. The summed E-state index contributed by atoms with van der Waals surface area (Å²) >= 11 is 1.56. The fraction of sp³-hybridized carbons (Fsp3) is 0.0968. The lowest BCUT2D eigenvalue weighted by molar-refractivity contribution is 0.289. The van der Waals surface area contributed by atoms with Crippen LogP contribution in [0.5, 0.6) is 28.9 Å². The van der Waals surface area contributed by atoms with Gasteiger partial charge in [-0.2, -0.15) is 4.98 Å². The van der Waals surface area contributed by atoms with Gasteiger partial charge in [0.1, 0.15) is 29.6 Å². The van der Waals surface area contributed by atoms with E-state index in [2.05, 4.69) is 16.0 Å². The average molecular weight is 507 g/mol. The molecule has 5 aromatic rings. The molecular formula is C31H26N2O3S. The van der Waals surface area contributed by atoms with Crippen LogP contribution in [0.1, 0.15) is 16.8 Å². The van der Waals surface area contributed by atoms with Crippen LogP contribution in [0.3, 0.4) is 0 Å². The Hall–Kier alpha value is -4.29. The zero-order valence-corrected chi connectivity index (χ0v) is 21.2. The van der Waals surface area contributed by atoms with Gasteiger partial charge in [0.25, 0.3) is 0 Å². The summed E-state index contributed by atoms with van der Waals surface area (Å²) in [4.78, 5) is 9.19. The van der Waals surface area contributed by atoms with Gasteiger partial charge >= 0.3 is 0 Å². The van der Waals surface area contributed by atoms with Gasteiger partial charge < -0.3 is 14.2 Å². The van der Waals surface area contributed by atoms with E-state index >= 15 is 0 Å².